The van der Waals surface area contributed by atoms with Crippen LogP contribution in [0.15, 0.2) is 42.6 Å². The van der Waals surface area contributed by atoms with Crippen molar-refractivity contribution in [3.05, 3.63) is 48.2 Å². The summed E-state index contributed by atoms with van der Waals surface area (Å²) >= 11 is 0. The van der Waals surface area contributed by atoms with Crippen molar-refractivity contribution < 1.29 is 5.11 Å². The van der Waals surface area contributed by atoms with E-state index in [2.05, 4.69) is 4.98 Å². The first-order chi connectivity index (χ1) is 7.27. The molecule has 0 spiro atoms. The van der Waals surface area contributed by atoms with Crippen LogP contribution in [0.3, 0.4) is 0 Å². The minimum Gasteiger partial charge on any atom is -0.389 e. The van der Waals surface area contributed by atoms with Gasteiger partial charge in [-0.15, -0.1) is 0 Å². The van der Waals surface area contributed by atoms with Crippen LogP contribution in [0.4, 0.5) is 0 Å². The molecule has 0 bridgehead atoms. The molecule has 76 valence electrons. The van der Waals surface area contributed by atoms with Crippen molar-refractivity contribution in [1.82, 2.24) is 4.98 Å². The van der Waals surface area contributed by atoms with Gasteiger partial charge in [-0.1, -0.05) is 36.4 Å². The minimum atomic E-state index is -0.427. The lowest BCUT2D eigenvalue weighted by Gasteiger charge is -2.01. The van der Waals surface area contributed by atoms with Gasteiger partial charge in [0.1, 0.15) is 0 Å². The number of nitrogens with zero attached hydrogens (tertiary/aromatic N) is 1. The Hall–Kier alpha value is -1.67. The summed E-state index contributed by atoms with van der Waals surface area (Å²) in [5.74, 6) is 0. The van der Waals surface area contributed by atoms with Crippen molar-refractivity contribution in [2.45, 2.75) is 13.0 Å². The molecule has 15 heavy (non-hydrogen) atoms. The van der Waals surface area contributed by atoms with Crippen LogP contribution in [-0.4, -0.2) is 16.2 Å². The zero-order valence-electron chi connectivity index (χ0n) is 8.59. The second-order valence-corrected chi connectivity index (χ2v) is 3.52. The molecule has 1 aromatic heterocycles. The van der Waals surface area contributed by atoms with Gasteiger partial charge >= 0.3 is 0 Å². The molecule has 1 aromatic carbocycles. The maximum Gasteiger partial charge on any atom is 0.0774 e. The van der Waals surface area contributed by atoms with Gasteiger partial charge in [-0.3, -0.25) is 4.98 Å². The summed E-state index contributed by atoms with van der Waals surface area (Å²) in [6, 6.07) is 9.97. The molecular weight excluding hydrogens is 186 g/mol. The van der Waals surface area contributed by atoms with Crippen molar-refractivity contribution in [3.8, 4) is 0 Å². The summed E-state index contributed by atoms with van der Waals surface area (Å²) in [5, 5.41) is 10.3. The number of benzene rings is 1. The molecule has 0 aliphatic rings. The molecule has 0 aliphatic heterocycles. The summed E-state index contributed by atoms with van der Waals surface area (Å²) in [6.45, 7) is 1.73. The number of aliphatic hydroxyl groups is 1. The summed E-state index contributed by atoms with van der Waals surface area (Å²) < 4.78 is 0. The number of pyridine rings is 1. The molecular formula is C13H13NO. The van der Waals surface area contributed by atoms with Crippen molar-refractivity contribution in [2.24, 2.45) is 0 Å². The fraction of sp³-hybridized carbons (Fsp3) is 0.154. The van der Waals surface area contributed by atoms with E-state index in [4.69, 9.17) is 0 Å². The second-order valence-electron chi connectivity index (χ2n) is 3.52. The van der Waals surface area contributed by atoms with E-state index in [1.807, 2.05) is 36.4 Å². The summed E-state index contributed by atoms with van der Waals surface area (Å²) in [5.41, 5.74) is 2.01. The molecule has 0 radical (unpaired) electrons. The van der Waals surface area contributed by atoms with Crippen LogP contribution in [0.1, 0.15) is 12.5 Å². The predicted molar refractivity (Wildman–Crippen MR) is 62.5 cm³/mol. The van der Waals surface area contributed by atoms with E-state index < -0.39 is 6.10 Å². The Morgan fingerprint density at radius 3 is 2.87 bits per heavy atom. The first-order valence-corrected chi connectivity index (χ1v) is 4.97. The molecule has 1 N–H and O–H groups in total. The molecule has 1 atom stereocenters. The molecule has 0 fully saturated rings. The SMILES string of the molecule is CC(O)/C=C/c1cccc2cccnc12. The van der Waals surface area contributed by atoms with E-state index >= 15 is 0 Å². The average molecular weight is 199 g/mol. The predicted octanol–water partition coefficient (Wildman–Crippen LogP) is 2.63. The van der Waals surface area contributed by atoms with Crippen LogP contribution in [0.25, 0.3) is 17.0 Å². The molecule has 2 heteroatoms. The molecule has 0 saturated heterocycles. The number of rotatable bonds is 2. The molecule has 2 aromatic rings. The van der Waals surface area contributed by atoms with E-state index in [9.17, 15) is 5.11 Å². The zero-order valence-corrected chi connectivity index (χ0v) is 8.59. The average Bonchev–Trinajstić information content (AvgIpc) is 2.26. The van der Waals surface area contributed by atoms with E-state index in [-0.39, 0.29) is 0 Å². The van der Waals surface area contributed by atoms with Crippen LogP contribution in [0.5, 0.6) is 0 Å². The normalized spacial score (nSPS) is 13.5. The summed E-state index contributed by atoms with van der Waals surface area (Å²) in [7, 11) is 0. The molecule has 0 aliphatic carbocycles. The van der Waals surface area contributed by atoms with Crippen LogP contribution >= 0.6 is 0 Å². The lowest BCUT2D eigenvalue weighted by Crippen LogP contribution is -1.91. The van der Waals surface area contributed by atoms with Gasteiger partial charge in [-0.2, -0.15) is 0 Å². The number of fused-ring (bicyclic) bond motifs is 1. The van der Waals surface area contributed by atoms with E-state index in [0.717, 1.165) is 16.5 Å². The molecule has 1 unspecified atom stereocenters. The first kappa shape index (κ1) is 9.87. The lowest BCUT2D eigenvalue weighted by molar-refractivity contribution is 0.245. The highest BCUT2D eigenvalue weighted by Gasteiger charge is 1.97. The van der Waals surface area contributed by atoms with Gasteiger partial charge in [0.2, 0.25) is 0 Å². The Morgan fingerprint density at radius 2 is 2.07 bits per heavy atom. The fourth-order valence-corrected chi connectivity index (χ4v) is 1.51. The van der Waals surface area contributed by atoms with Gasteiger partial charge in [0.05, 0.1) is 11.6 Å². The van der Waals surface area contributed by atoms with Crippen LogP contribution in [0, 0.1) is 0 Å². The third-order valence-corrected chi connectivity index (χ3v) is 2.22. The Morgan fingerprint density at radius 1 is 1.27 bits per heavy atom. The highest BCUT2D eigenvalue weighted by molar-refractivity contribution is 5.86. The van der Waals surface area contributed by atoms with Gasteiger partial charge in [0.15, 0.2) is 0 Å². The number of para-hydroxylation sites is 1. The van der Waals surface area contributed by atoms with Crippen molar-refractivity contribution in [3.63, 3.8) is 0 Å². The summed E-state index contributed by atoms with van der Waals surface area (Å²) in [6.07, 6.45) is 5.01. The van der Waals surface area contributed by atoms with Crippen LogP contribution < -0.4 is 0 Å². The largest absolute Gasteiger partial charge is 0.389 e. The maximum absolute atomic E-state index is 9.18. The minimum absolute atomic E-state index is 0.427. The quantitative estimate of drug-likeness (QED) is 0.806. The van der Waals surface area contributed by atoms with Gasteiger partial charge in [0.25, 0.3) is 0 Å². The van der Waals surface area contributed by atoms with Gasteiger partial charge in [0, 0.05) is 17.1 Å². The molecule has 0 amide bonds. The molecule has 2 rings (SSSR count). The van der Waals surface area contributed by atoms with Crippen LogP contribution in [0.2, 0.25) is 0 Å². The molecule has 1 heterocycles. The monoisotopic (exact) mass is 199 g/mol. The highest BCUT2D eigenvalue weighted by atomic mass is 16.3. The third kappa shape index (κ3) is 2.22. The third-order valence-electron chi connectivity index (χ3n) is 2.22. The Balaban J connectivity index is 2.51. The van der Waals surface area contributed by atoms with Crippen molar-refractivity contribution in [1.29, 1.82) is 0 Å². The van der Waals surface area contributed by atoms with E-state index in [1.165, 1.54) is 0 Å². The Labute approximate surface area is 88.9 Å². The van der Waals surface area contributed by atoms with Crippen LogP contribution in [-0.2, 0) is 0 Å². The number of hydrogen-bond donors (Lipinski definition) is 1. The summed E-state index contributed by atoms with van der Waals surface area (Å²) in [4.78, 5) is 4.33. The van der Waals surface area contributed by atoms with Gasteiger partial charge in [-0.25, -0.2) is 0 Å². The topological polar surface area (TPSA) is 33.1 Å². The smallest absolute Gasteiger partial charge is 0.0774 e. The highest BCUT2D eigenvalue weighted by Crippen LogP contribution is 2.17. The standard InChI is InChI=1S/C13H13NO/c1-10(15)7-8-12-5-2-4-11-6-3-9-14-13(11)12/h2-10,15H,1H3/b8-7+. The van der Waals surface area contributed by atoms with Gasteiger partial charge < -0.3 is 5.11 Å². The maximum atomic E-state index is 9.18. The second kappa shape index (κ2) is 4.24. The number of hydrogen-bond acceptors (Lipinski definition) is 2. The number of aromatic nitrogens is 1. The van der Waals surface area contributed by atoms with Crippen molar-refractivity contribution >= 4 is 17.0 Å². The molecule has 0 saturated carbocycles. The fourth-order valence-electron chi connectivity index (χ4n) is 1.51. The lowest BCUT2D eigenvalue weighted by atomic mass is 10.1. The molecule has 2 nitrogen and oxygen atoms in total. The Kier molecular flexibility index (Phi) is 2.79. The van der Waals surface area contributed by atoms with E-state index in [0.29, 0.717) is 0 Å². The van der Waals surface area contributed by atoms with Crippen molar-refractivity contribution in [2.75, 3.05) is 0 Å². The van der Waals surface area contributed by atoms with E-state index in [1.54, 1.807) is 19.2 Å². The zero-order chi connectivity index (χ0) is 10.7. The first-order valence-electron chi connectivity index (χ1n) is 4.97. The van der Waals surface area contributed by atoms with Gasteiger partial charge in [-0.05, 0) is 13.0 Å². The Bertz CT molecular complexity index is 483. The number of aliphatic hydroxyl groups excluding tert-OH is 1.